The minimum atomic E-state index is 0.508. The Hall–Kier alpha value is -0.440. The third kappa shape index (κ3) is 2.27. The van der Waals surface area contributed by atoms with Gasteiger partial charge < -0.3 is 4.57 Å². The van der Waals surface area contributed by atoms with E-state index in [9.17, 15) is 0 Å². The van der Waals surface area contributed by atoms with Gasteiger partial charge in [0.2, 0.25) is 0 Å². The molecule has 0 fully saturated rings. The van der Waals surface area contributed by atoms with Crippen LogP contribution in [0.1, 0.15) is 33.7 Å². The van der Waals surface area contributed by atoms with Crippen LogP contribution in [0, 0.1) is 0 Å². The van der Waals surface area contributed by atoms with Crippen molar-refractivity contribution in [2.75, 3.05) is 0 Å². The summed E-state index contributed by atoms with van der Waals surface area (Å²) in [6.45, 7) is 8.71. The lowest BCUT2D eigenvalue weighted by Crippen LogP contribution is -2.02. The lowest BCUT2D eigenvalue weighted by molar-refractivity contribution is 0.549. The van der Waals surface area contributed by atoms with Crippen molar-refractivity contribution < 1.29 is 0 Å². The maximum Gasteiger partial charge on any atom is 0.168 e. The molecule has 1 aromatic heterocycles. The average Bonchev–Trinajstić information content (AvgIpc) is 2.33. The summed E-state index contributed by atoms with van der Waals surface area (Å²) in [4.78, 5) is 4.30. The van der Waals surface area contributed by atoms with Crippen LogP contribution in [0.4, 0.5) is 0 Å². The molecular weight excluding hydrogens is 168 g/mol. The van der Waals surface area contributed by atoms with Gasteiger partial charge in [0.25, 0.3) is 0 Å². The van der Waals surface area contributed by atoms with E-state index in [1.54, 1.807) is 0 Å². The Balaban J connectivity index is 2.77. The highest BCUT2D eigenvalue weighted by molar-refractivity contribution is 7.99. The Bertz CT molecular complexity index is 240. The normalized spacial score (nSPS) is 11.5. The summed E-state index contributed by atoms with van der Waals surface area (Å²) in [7, 11) is 0. The molecule has 0 aliphatic rings. The van der Waals surface area contributed by atoms with Crippen molar-refractivity contribution in [1.29, 1.82) is 0 Å². The number of imidazole rings is 1. The van der Waals surface area contributed by atoms with Crippen LogP contribution in [0.3, 0.4) is 0 Å². The number of thioether (sulfide) groups is 1. The minimum absolute atomic E-state index is 0.508. The fourth-order valence-electron chi connectivity index (χ4n) is 0.994. The van der Waals surface area contributed by atoms with Gasteiger partial charge in [-0.3, -0.25) is 0 Å². The molecule has 2 nitrogen and oxygen atoms in total. The van der Waals surface area contributed by atoms with Gasteiger partial charge in [-0.15, -0.1) is 0 Å². The lowest BCUT2D eigenvalue weighted by Gasteiger charge is -2.11. The quantitative estimate of drug-likeness (QED) is 0.672. The van der Waals surface area contributed by atoms with Crippen LogP contribution >= 0.6 is 11.8 Å². The average molecular weight is 184 g/mol. The molecule has 0 N–H and O–H groups in total. The Morgan fingerprint density at radius 1 is 1.33 bits per heavy atom. The van der Waals surface area contributed by atoms with E-state index in [-0.39, 0.29) is 0 Å². The molecule has 12 heavy (non-hydrogen) atoms. The first-order valence-corrected chi connectivity index (χ1v) is 5.18. The van der Waals surface area contributed by atoms with Crippen molar-refractivity contribution in [2.24, 2.45) is 0 Å². The molecule has 0 amide bonds. The molecular formula is C9H16N2S. The summed E-state index contributed by atoms with van der Waals surface area (Å²) in [6, 6.07) is 0.508. The van der Waals surface area contributed by atoms with Gasteiger partial charge in [-0.1, -0.05) is 25.6 Å². The van der Waals surface area contributed by atoms with Gasteiger partial charge in [-0.05, 0) is 13.8 Å². The zero-order valence-corrected chi connectivity index (χ0v) is 8.93. The molecule has 1 aromatic rings. The summed E-state index contributed by atoms with van der Waals surface area (Å²) < 4.78 is 2.20. The molecule has 1 heterocycles. The Labute approximate surface area is 78.4 Å². The summed E-state index contributed by atoms with van der Waals surface area (Å²) in [5.41, 5.74) is 0. The van der Waals surface area contributed by atoms with Crippen LogP contribution in [0.2, 0.25) is 0 Å². The van der Waals surface area contributed by atoms with Gasteiger partial charge in [0, 0.05) is 23.7 Å². The fourth-order valence-corrected chi connectivity index (χ4v) is 1.93. The highest BCUT2D eigenvalue weighted by Gasteiger charge is 2.07. The third-order valence-electron chi connectivity index (χ3n) is 1.53. The Morgan fingerprint density at radius 2 is 2.00 bits per heavy atom. The number of aromatic nitrogens is 2. The second-order valence-corrected chi connectivity index (χ2v) is 4.92. The summed E-state index contributed by atoms with van der Waals surface area (Å²) >= 11 is 1.81. The SMILES string of the molecule is CC(C)Sc1nccn1C(C)C. The highest BCUT2D eigenvalue weighted by atomic mass is 32.2. The van der Waals surface area contributed by atoms with Crippen molar-refractivity contribution in [1.82, 2.24) is 9.55 Å². The number of nitrogens with zero attached hydrogens (tertiary/aromatic N) is 2. The standard InChI is InChI=1S/C9H16N2S/c1-7(2)11-6-5-10-9(11)12-8(3)4/h5-8H,1-4H3. The monoisotopic (exact) mass is 184 g/mol. The van der Waals surface area contributed by atoms with Gasteiger partial charge in [0.05, 0.1) is 0 Å². The first-order chi connectivity index (χ1) is 5.61. The van der Waals surface area contributed by atoms with Gasteiger partial charge in [-0.2, -0.15) is 0 Å². The molecule has 1 rings (SSSR count). The van der Waals surface area contributed by atoms with Crippen LogP contribution in [0.15, 0.2) is 17.6 Å². The van der Waals surface area contributed by atoms with Crippen LogP contribution in [-0.2, 0) is 0 Å². The molecule has 0 bridgehead atoms. The van der Waals surface area contributed by atoms with Gasteiger partial charge in [0.1, 0.15) is 0 Å². The molecule has 0 saturated heterocycles. The van der Waals surface area contributed by atoms with Crippen molar-refractivity contribution >= 4 is 11.8 Å². The van der Waals surface area contributed by atoms with Crippen LogP contribution in [0.25, 0.3) is 0 Å². The van der Waals surface area contributed by atoms with E-state index in [0.29, 0.717) is 11.3 Å². The van der Waals surface area contributed by atoms with Crippen LogP contribution in [0.5, 0.6) is 0 Å². The second-order valence-electron chi connectivity index (χ2n) is 3.38. The Kier molecular flexibility index (Phi) is 3.20. The predicted molar refractivity (Wildman–Crippen MR) is 53.6 cm³/mol. The molecule has 0 spiro atoms. The fraction of sp³-hybridized carbons (Fsp3) is 0.667. The minimum Gasteiger partial charge on any atom is -0.324 e. The maximum absolute atomic E-state index is 4.30. The van der Waals surface area contributed by atoms with E-state index in [1.807, 2.05) is 24.2 Å². The summed E-state index contributed by atoms with van der Waals surface area (Å²) in [5.74, 6) is 0. The van der Waals surface area contributed by atoms with Crippen LogP contribution < -0.4 is 0 Å². The summed E-state index contributed by atoms with van der Waals surface area (Å²) in [5, 5.41) is 1.73. The molecule has 0 aliphatic carbocycles. The molecule has 0 atom stereocenters. The van der Waals surface area contributed by atoms with Crippen molar-refractivity contribution in [3.8, 4) is 0 Å². The van der Waals surface area contributed by atoms with Gasteiger partial charge >= 0.3 is 0 Å². The van der Waals surface area contributed by atoms with Crippen molar-refractivity contribution in [3.63, 3.8) is 0 Å². The van der Waals surface area contributed by atoms with E-state index in [4.69, 9.17) is 0 Å². The van der Waals surface area contributed by atoms with E-state index in [0.717, 1.165) is 5.16 Å². The topological polar surface area (TPSA) is 17.8 Å². The largest absolute Gasteiger partial charge is 0.324 e. The van der Waals surface area contributed by atoms with E-state index < -0.39 is 0 Å². The van der Waals surface area contributed by atoms with Gasteiger partial charge in [0.15, 0.2) is 5.16 Å². The molecule has 68 valence electrons. The second kappa shape index (κ2) is 3.99. The van der Waals surface area contributed by atoms with Gasteiger partial charge in [-0.25, -0.2) is 4.98 Å². The van der Waals surface area contributed by atoms with E-state index >= 15 is 0 Å². The molecule has 0 saturated carbocycles. The van der Waals surface area contributed by atoms with E-state index in [2.05, 4.69) is 37.2 Å². The van der Waals surface area contributed by atoms with Crippen molar-refractivity contribution in [2.45, 2.75) is 44.1 Å². The zero-order chi connectivity index (χ0) is 9.14. The number of rotatable bonds is 3. The first-order valence-electron chi connectivity index (χ1n) is 4.30. The number of hydrogen-bond acceptors (Lipinski definition) is 2. The first kappa shape index (κ1) is 9.65. The van der Waals surface area contributed by atoms with Crippen molar-refractivity contribution in [3.05, 3.63) is 12.4 Å². The Morgan fingerprint density at radius 3 is 2.50 bits per heavy atom. The molecule has 3 heteroatoms. The lowest BCUT2D eigenvalue weighted by atomic mass is 10.4. The zero-order valence-electron chi connectivity index (χ0n) is 8.11. The molecule has 0 unspecified atom stereocenters. The number of hydrogen-bond donors (Lipinski definition) is 0. The predicted octanol–water partition coefficient (Wildman–Crippen LogP) is 2.96. The summed E-state index contributed by atoms with van der Waals surface area (Å²) in [6.07, 6.45) is 3.90. The third-order valence-corrected chi connectivity index (χ3v) is 2.53. The smallest absolute Gasteiger partial charge is 0.168 e. The highest BCUT2D eigenvalue weighted by Crippen LogP contribution is 2.23. The van der Waals surface area contributed by atoms with Crippen LogP contribution in [-0.4, -0.2) is 14.8 Å². The molecule has 0 radical (unpaired) electrons. The maximum atomic E-state index is 4.30. The molecule has 0 aromatic carbocycles. The molecule has 0 aliphatic heterocycles. The van der Waals surface area contributed by atoms with E-state index in [1.165, 1.54) is 0 Å².